The second kappa shape index (κ2) is 6.29. The average Bonchev–Trinajstić information content (AvgIpc) is 2.45. The summed E-state index contributed by atoms with van der Waals surface area (Å²) >= 11 is 0. The van der Waals surface area contributed by atoms with Crippen molar-refractivity contribution in [2.45, 2.75) is 12.8 Å². The second-order valence-electron chi connectivity index (χ2n) is 4.67. The van der Waals surface area contributed by atoms with Crippen LogP contribution >= 0.6 is 0 Å². The van der Waals surface area contributed by atoms with Gasteiger partial charge in [0.2, 0.25) is 0 Å². The predicted molar refractivity (Wildman–Crippen MR) is 80.1 cm³/mol. The molecule has 0 fully saturated rings. The first-order chi connectivity index (χ1) is 9.59. The SMILES string of the molecule is C=C(CCC(=C)c1ccccc1F)c1ccccc1F. The van der Waals surface area contributed by atoms with E-state index in [1.54, 1.807) is 36.4 Å². The highest BCUT2D eigenvalue weighted by Crippen LogP contribution is 2.27. The summed E-state index contributed by atoms with van der Waals surface area (Å²) in [7, 11) is 0. The molecule has 0 nitrogen and oxygen atoms in total. The molecule has 2 heteroatoms. The van der Waals surface area contributed by atoms with E-state index in [2.05, 4.69) is 13.2 Å². The van der Waals surface area contributed by atoms with Gasteiger partial charge in [0, 0.05) is 11.1 Å². The van der Waals surface area contributed by atoms with Crippen LogP contribution in [0, 0.1) is 11.6 Å². The summed E-state index contributed by atoms with van der Waals surface area (Å²) in [6, 6.07) is 13.0. The number of halogens is 2. The fourth-order valence-electron chi connectivity index (χ4n) is 2.07. The van der Waals surface area contributed by atoms with Gasteiger partial charge < -0.3 is 0 Å². The van der Waals surface area contributed by atoms with Crippen molar-refractivity contribution in [3.63, 3.8) is 0 Å². The zero-order valence-corrected chi connectivity index (χ0v) is 11.2. The van der Waals surface area contributed by atoms with Crippen LogP contribution in [0.1, 0.15) is 24.0 Å². The first-order valence-electron chi connectivity index (χ1n) is 6.45. The van der Waals surface area contributed by atoms with Gasteiger partial charge in [0.25, 0.3) is 0 Å². The number of hydrogen-bond acceptors (Lipinski definition) is 0. The van der Waals surface area contributed by atoms with Gasteiger partial charge in [-0.2, -0.15) is 0 Å². The maximum atomic E-state index is 13.6. The van der Waals surface area contributed by atoms with Gasteiger partial charge in [-0.05, 0) is 36.1 Å². The summed E-state index contributed by atoms with van der Waals surface area (Å²) in [5, 5.41) is 0. The maximum Gasteiger partial charge on any atom is 0.130 e. The zero-order chi connectivity index (χ0) is 14.5. The van der Waals surface area contributed by atoms with Crippen molar-refractivity contribution in [2.24, 2.45) is 0 Å². The van der Waals surface area contributed by atoms with Crippen molar-refractivity contribution >= 4 is 11.1 Å². The van der Waals surface area contributed by atoms with E-state index in [0.717, 1.165) is 0 Å². The van der Waals surface area contributed by atoms with E-state index in [9.17, 15) is 8.78 Å². The molecule has 0 spiro atoms. The lowest BCUT2D eigenvalue weighted by Gasteiger charge is -2.10. The quantitative estimate of drug-likeness (QED) is 0.675. The monoisotopic (exact) mass is 270 g/mol. The summed E-state index contributed by atoms with van der Waals surface area (Å²) in [5.41, 5.74) is 2.41. The Morgan fingerprint density at radius 3 is 1.40 bits per heavy atom. The van der Waals surface area contributed by atoms with E-state index in [1.165, 1.54) is 12.1 Å². The molecule has 0 aromatic heterocycles. The molecular weight excluding hydrogens is 254 g/mol. The van der Waals surface area contributed by atoms with E-state index in [1.807, 2.05) is 0 Å². The lowest BCUT2D eigenvalue weighted by Crippen LogP contribution is -1.92. The minimum atomic E-state index is -0.283. The van der Waals surface area contributed by atoms with Gasteiger partial charge in [0.05, 0.1) is 0 Å². The molecule has 2 aromatic carbocycles. The van der Waals surface area contributed by atoms with Gasteiger partial charge in [0.15, 0.2) is 0 Å². The Balaban J connectivity index is 2.03. The molecule has 0 heterocycles. The topological polar surface area (TPSA) is 0 Å². The molecule has 2 aromatic rings. The Hall–Kier alpha value is -2.22. The fraction of sp³-hybridized carbons (Fsp3) is 0.111. The number of allylic oxidation sites excluding steroid dienone is 2. The van der Waals surface area contributed by atoms with Gasteiger partial charge in [-0.25, -0.2) is 8.78 Å². The van der Waals surface area contributed by atoms with Crippen molar-refractivity contribution in [3.8, 4) is 0 Å². The molecule has 0 atom stereocenters. The van der Waals surface area contributed by atoms with Crippen molar-refractivity contribution < 1.29 is 8.78 Å². The normalized spacial score (nSPS) is 10.3. The highest BCUT2D eigenvalue weighted by molar-refractivity contribution is 5.69. The third kappa shape index (κ3) is 3.21. The Morgan fingerprint density at radius 1 is 0.700 bits per heavy atom. The minimum Gasteiger partial charge on any atom is -0.206 e. The van der Waals surface area contributed by atoms with E-state index in [-0.39, 0.29) is 11.6 Å². The van der Waals surface area contributed by atoms with Crippen molar-refractivity contribution in [3.05, 3.63) is 84.5 Å². The van der Waals surface area contributed by atoms with Crippen LogP contribution in [-0.4, -0.2) is 0 Å². The summed E-state index contributed by atoms with van der Waals surface area (Å²) in [5.74, 6) is -0.567. The maximum absolute atomic E-state index is 13.6. The molecule has 0 aliphatic rings. The van der Waals surface area contributed by atoms with Crippen molar-refractivity contribution in [2.75, 3.05) is 0 Å². The van der Waals surface area contributed by atoms with Crippen LogP contribution in [0.25, 0.3) is 11.1 Å². The lowest BCUT2D eigenvalue weighted by atomic mass is 9.96. The largest absolute Gasteiger partial charge is 0.206 e. The number of benzene rings is 2. The lowest BCUT2D eigenvalue weighted by molar-refractivity contribution is 0.621. The van der Waals surface area contributed by atoms with Gasteiger partial charge in [0.1, 0.15) is 11.6 Å². The van der Waals surface area contributed by atoms with Gasteiger partial charge in [-0.1, -0.05) is 49.6 Å². The van der Waals surface area contributed by atoms with Crippen molar-refractivity contribution in [1.29, 1.82) is 0 Å². The van der Waals surface area contributed by atoms with Gasteiger partial charge >= 0.3 is 0 Å². The first-order valence-corrected chi connectivity index (χ1v) is 6.45. The molecule has 0 unspecified atom stereocenters. The van der Waals surface area contributed by atoms with Crippen LogP contribution in [0.4, 0.5) is 8.78 Å². The Labute approximate surface area is 118 Å². The van der Waals surface area contributed by atoms with E-state index in [0.29, 0.717) is 35.1 Å². The Morgan fingerprint density at radius 2 is 1.05 bits per heavy atom. The van der Waals surface area contributed by atoms with Crippen LogP contribution in [0.5, 0.6) is 0 Å². The van der Waals surface area contributed by atoms with Gasteiger partial charge in [-0.15, -0.1) is 0 Å². The average molecular weight is 270 g/mol. The summed E-state index contributed by atoms with van der Waals surface area (Å²) in [6.07, 6.45) is 1.10. The first kappa shape index (κ1) is 14.2. The van der Waals surface area contributed by atoms with Crippen molar-refractivity contribution in [1.82, 2.24) is 0 Å². The molecule has 0 bridgehead atoms. The molecule has 0 aliphatic carbocycles. The second-order valence-corrected chi connectivity index (χ2v) is 4.67. The highest BCUT2D eigenvalue weighted by atomic mass is 19.1. The molecule has 2 rings (SSSR count). The molecule has 0 saturated carbocycles. The molecule has 0 amide bonds. The fourth-order valence-corrected chi connectivity index (χ4v) is 2.07. The molecule has 0 saturated heterocycles. The zero-order valence-electron chi connectivity index (χ0n) is 11.2. The molecule has 20 heavy (non-hydrogen) atoms. The predicted octanol–water partition coefficient (Wildman–Crippen LogP) is 5.47. The molecule has 0 N–H and O–H groups in total. The van der Waals surface area contributed by atoms with Gasteiger partial charge in [-0.3, -0.25) is 0 Å². The van der Waals surface area contributed by atoms with Crippen LogP contribution in [0.2, 0.25) is 0 Å². The Bertz CT molecular complexity index is 584. The summed E-state index contributed by atoms with van der Waals surface area (Å²) in [4.78, 5) is 0. The standard InChI is InChI=1S/C18H16F2/c1-13(15-7-3-5-9-17(15)19)11-12-14(2)16-8-4-6-10-18(16)20/h3-10H,1-2,11-12H2. The molecular formula is C18H16F2. The summed E-state index contributed by atoms with van der Waals surface area (Å²) in [6.45, 7) is 7.80. The van der Waals surface area contributed by atoms with Crippen LogP contribution in [-0.2, 0) is 0 Å². The van der Waals surface area contributed by atoms with Crippen LogP contribution < -0.4 is 0 Å². The molecule has 0 aliphatic heterocycles. The third-order valence-electron chi connectivity index (χ3n) is 3.24. The number of rotatable bonds is 5. The van der Waals surface area contributed by atoms with E-state index < -0.39 is 0 Å². The summed E-state index contributed by atoms with van der Waals surface area (Å²) < 4.78 is 27.2. The molecule has 102 valence electrons. The van der Waals surface area contributed by atoms with Crippen LogP contribution in [0.3, 0.4) is 0 Å². The third-order valence-corrected chi connectivity index (χ3v) is 3.24. The molecule has 0 radical (unpaired) electrons. The smallest absolute Gasteiger partial charge is 0.130 e. The minimum absolute atomic E-state index is 0.283. The highest BCUT2D eigenvalue weighted by Gasteiger charge is 2.08. The number of hydrogen-bond donors (Lipinski definition) is 0. The van der Waals surface area contributed by atoms with E-state index >= 15 is 0 Å². The van der Waals surface area contributed by atoms with Crippen LogP contribution in [0.15, 0.2) is 61.7 Å². The Kier molecular flexibility index (Phi) is 4.46. The van der Waals surface area contributed by atoms with E-state index in [4.69, 9.17) is 0 Å².